The Morgan fingerprint density at radius 1 is 0.930 bits per heavy atom. The molecule has 3 aliphatic rings. The minimum Gasteiger partial charge on any atom is -0.499 e. The van der Waals surface area contributed by atoms with Gasteiger partial charge in [-0.25, -0.2) is 4.79 Å². The van der Waals surface area contributed by atoms with Gasteiger partial charge in [-0.05, 0) is 85.9 Å². The van der Waals surface area contributed by atoms with Gasteiger partial charge in [0, 0.05) is 43.4 Å². The summed E-state index contributed by atoms with van der Waals surface area (Å²) in [6.45, 7) is 5.14. The first-order valence-electron chi connectivity index (χ1n) is 19.2. The first-order valence-corrected chi connectivity index (χ1v) is 19.2. The number of aliphatic hydroxyl groups excluding tert-OH is 2. The van der Waals surface area contributed by atoms with Crippen LogP contribution >= 0.6 is 0 Å². The van der Waals surface area contributed by atoms with Crippen molar-refractivity contribution in [3.05, 3.63) is 124 Å². The van der Waals surface area contributed by atoms with Crippen LogP contribution in [0.15, 0.2) is 90.7 Å². The van der Waals surface area contributed by atoms with E-state index >= 15 is 0 Å². The highest BCUT2D eigenvalue weighted by atomic mass is 16.8. The zero-order valence-electron chi connectivity index (χ0n) is 32.4. The third-order valence-corrected chi connectivity index (χ3v) is 9.79. The summed E-state index contributed by atoms with van der Waals surface area (Å²) in [5.74, 6) is -2.76. The predicted octanol–water partition coefficient (Wildman–Crippen LogP) is 4.33. The molecule has 302 valence electrons. The third-order valence-electron chi connectivity index (χ3n) is 9.79. The molecular formula is C44H50N2O11. The summed E-state index contributed by atoms with van der Waals surface area (Å²) in [7, 11) is 0. The van der Waals surface area contributed by atoms with E-state index in [1.54, 1.807) is 81.5 Å². The largest absolute Gasteiger partial charge is 0.499 e. The molecule has 1 fully saturated rings. The second-order valence-electron chi connectivity index (χ2n) is 15.4. The van der Waals surface area contributed by atoms with E-state index in [4.69, 9.17) is 28.8 Å². The number of nitrogens with one attached hydrogen (secondary N) is 2. The van der Waals surface area contributed by atoms with Gasteiger partial charge in [-0.2, -0.15) is 0 Å². The fourth-order valence-corrected chi connectivity index (χ4v) is 7.13. The molecule has 6 rings (SSSR count). The summed E-state index contributed by atoms with van der Waals surface area (Å²) in [5, 5.41) is 24.4. The van der Waals surface area contributed by atoms with Crippen LogP contribution in [0.2, 0.25) is 0 Å². The Kier molecular flexibility index (Phi) is 13.2. The fraction of sp³-hybridized carbons (Fsp3) is 0.409. The van der Waals surface area contributed by atoms with Crippen molar-refractivity contribution in [1.29, 1.82) is 0 Å². The number of fused-ring (bicyclic) bond motifs is 2. The molecule has 0 unspecified atom stereocenters. The van der Waals surface area contributed by atoms with Crippen LogP contribution in [0, 0.1) is 0 Å². The zero-order valence-corrected chi connectivity index (χ0v) is 32.4. The molecule has 0 radical (unpaired) electrons. The lowest BCUT2D eigenvalue weighted by atomic mass is 9.91. The average molecular weight is 783 g/mol. The molecule has 3 aromatic rings. The Bertz CT molecular complexity index is 1960. The van der Waals surface area contributed by atoms with Crippen molar-refractivity contribution in [3.63, 3.8) is 0 Å². The lowest BCUT2D eigenvalue weighted by molar-refractivity contribution is -0.172. The van der Waals surface area contributed by atoms with Gasteiger partial charge in [0.2, 0.25) is 5.91 Å². The molecule has 13 nitrogen and oxygen atoms in total. The Hall–Kier alpha value is -5.34. The van der Waals surface area contributed by atoms with Crippen molar-refractivity contribution in [3.8, 4) is 0 Å². The number of hydrogen-bond acceptors (Lipinski definition) is 11. The van der Waals surface area contributed by atoms with Crippen LogP contribution in [0.3, 0.4) is 0 Å². The first kappa shape index (κ1) is 41.3. The Labute approximate surface area is 332 Å². The first-order chi connectivity index (χ1) is 27.3. The Morgan fingerprint density at radius 2 is 1.67 bits per heavy atom. The maximum Gasteiger partial charge on any atom is 0.338 e. The van der Waals surface area contributed by atoms with Crippen molar-refractivity contribution >= 4 is 29.8 Å². The predicted molar refractivity (Wildman–Crippen MR) is 208 cm³/mol. The van der Waals surface area contributed by atoms with Crippen LogP contribution in [0.1, 0.15) is 83.0 Å². The normalized spacial score (nSPS) is 19.9. The number of carbonyl (C=O) groups excluding carboxylic acids is 4. The van der Waals surface area contributed by atoms with Gasteiger partial charge >= 0.3 is 11.9 Å². The standard InChI is InChI=1S/C44H50N2O11/c1-43(2,3)56-38(49)16-15-35(27-48)46-41(51)31-10-6-7-29(21-31)26-45-40(50)34-22-36(54-42(52)30-13-11-28(12-14-30)17-19-53-20-18-47)39-37(23-34)55-44(57-39)24-32-8-4-5-9-33(32)25-44/h4-14,17,19,21,23,35-37,39,47-48H,15-16,18,20,22,24-27H2,1-3H3,(H,45,50)(H,46,51)/t35-,36+,37+,39-/m0/s1. The highest BCUT2D eigenvalue weighted by Gasteiger charge is 2.55. The third kappa shape index (κ3) is 11.0. The molecule has 1 spiro atoms. The second-order valence-corrected chi connectivity index (χ2v) is 15.4. The quantitative estimate of drug-likeness (QED) is 0.0980. The molecule has 1 aliphatic heterocycles. The van der Waals surface area contributed by atoms with E-state index in [9.17, 15) is 24.3 Å². The average Bonchev–Trinajstić information content (AvgIpc) is 3.74. The van der Waals surface area contributed by atoms with E-state index < -0.39 is 53.6 Å². The van der Waals surface area contributed by atoms with Crippen molar-refractivity contribution in [2.45, 2.75) is 95.2 Å². The molecule has 0 saturated carbocycles. The van der Waals surface area contributed by atoms with Crippen molar-refractivity contribution in [2.24, 2.45) is 0 Å². The number of hydrogen-bond donors (Lipinski definition) is 4. The van der Waals surface area contributed by atoms with Gasteiger partial charge in [-0.3, -0.25) is 14.4 Å². The number of ether oxygens (including phenoxy) is 5. The van der Waals surface area contributed by atoms with E-state index in [1.807, 2.05) is 24.3 Å². The van der Waals surface area contributed by atoms with Crippen LogP contribution in [-0.4, -0.2) is 89.5 Å². The molecule has 0 aromatic heterocycles. The maximum atomic E-state index is 13.7. The van der Waals surface area contributed by atoms with Crippen LogP contribution < -0.4 is 10.6 Å². The summed E-state index contributed by atoms with van der Waals surface area (Å²) in [6, 6.07) is 20.9. The van der Waals surface area contributed by atoms with Crippen LogP contribution in [0.5, 0.6) is 0 Å². The molecule has 2 amide bonds. The van der Waals surface area contributed by atoms with Gasteiger partial charge < -0.3 is 44.5 Å². The fourth-order valence-electron chi connectivity index (χ4n) is 7.13. The summed E-state index contributed by atoms with van der Waals surface area (Å²) in [4.78, 5) is 52.5. The number of rotatable bonds is 15. The Balaban J connectivity index is 1.11. The SMILES string of the molecule is CC(C)(C)OC(=O)CC[C@@H](CO)NC(=O)c1cccc(CNC(=O)C2=C[C@H]3OC4(Cc5ccccc5C4)O[C@H]3[C@H](OC(=O)c3ccc(C=COCCO)cc3)C2)c1. The van der Waals surface area contributed by atoms with Gasteiger partial charge in [-0.1, -0.05) is 48.5 Å². The molecular weight excluding hydrogens is 732 g/mol. The van der Waals surface area contributed by atoms with Crippen LogP contribution in [0.25, 0.3) is 6.08 Å². The number of esters is 2. The lowest BCUT2D eigenvalue weighted by Crippen LogP contribution is -2.43. The zero-order chi connectivity index (χ0) is 40.6. The van der Waals surface area contributed by atoms with E-state index in [-0.39, 0.29) is 51.5 Å². The highest BCUT2D eigenvalue weighted by molar-refractivity contribution is 5.95. The molecule has 0 bridgehead atoms. The van der Waals surface area contributed by atoms with Gasteiger partial charge in [0.15, 0.2) is 5.79 Å². The lowest BCUT2D eigenvalue weighted by Gasteiger charge is -2.30. The summed E-state index contributed by atoms with van der Waals surface area (Å²) < 4.78 is 29.8. The number of benzene rings is 3. The maximum absolute atomic E-state index is 13.7. The van der Waals surface area contributed by atoms with E-state index in [0.717, 1.165) is 16.7 Å². The topological polar surface area (TPSA) is 179 Å². The smallest absolute Gasteiger partial charge is 0.338 e. The summed E-state index contributed by atoms with van der Waals surface area (Å²) >= 11 is 0. The minimum atomic E-state index is -0.954. The molecule has 13 heteroatoms. The molecule has 57 heavy (non-hydrogen) atoms. The van der Waals surface area contributed by atoms with E-state index in [1.165, 1.54) is 6.26 Å². The van der Waals surface area contributed by atoms with E-state index in [2.05, 4.69) is 10.6 Å². The summed E-state index contributed by atoms with van der Waals surface area (Å²) in [6.07, 6.45) is 4.18. The molecule has 4 atom stereocenters. The molecule has 3 aromatic carbocycles. The summed E-state index contributed by atoms with van der Waals surface area (Å²) in [5.41, 5.74) is 4.06. The molecule has 1 heterocycles. The van der Waals surface area contributed by atoms with Crippen LogP contribution in [0.4, 0.5) is 0 Å². The monoisotopic (exact) mass is 782 g/mol. The van der Waals surface area contributed by atoms with Gasteiger partial charge in [0.25, 0.3) is 5.91 Å². The van der Waals surface area contributed by atoms with Crippen LogP contribution in [-0.2, 0) is 52.7 Å². The Morgan fingerprint density at radius 3 is 2.35 bits per heavy atom. The minimum absolute atomic E-state index is 0.0343. The van der Waals surface area contributed by atoms with Gasteiger partial charge in [-0.15, -0.1) is 0 Å². The van der Waals surface area contributed by atoms with Crippen molar-refractivity contribution in [1.82, 2.24) is 10.6 Å². The second kappa shape index (κ2) is 18.3. The number of amides is 2. The molecule has 2 aliphatic carbocycles. The van der Waals surface area contributed by atoms with Gasteiger partial charge in [0.1, 0.15) is 30.5 Å². The molecule has 4 N–H and O–H groups in total. The highest BCUT2D eigenvalue weighted by Crippen LogP contribution is 2.45. The van der Waals surface area contributed by atoms with Gasteiger partial charge in [0.05, 0.1) is 31.1 Å². The number of aliphatic hydroxyl groups is 2. The molecule has 1 saturated heterocycles. The number of carbonyl (C=O) groups is 4. The van der Waals surface area contributed by atoms with Crippen molar-refractivity contribution < 1.29 is 53.1 Å². The van der Waals surface area contributed by atoms with Crippen molar-refractivity contribution in [2.75, 3.05) is 19.8 Å². The van der Waals surface area contributed by atoms with E-state index in [0.29, 0.717) is 35.1 Å².